The molecule has 2 fully saturated rings. The number of carboxylic acids is 1. The Kier molecular flexibility index (Phi) is 2.32. The number of nitrogens with zero attached hydrogens (tertiary/aromatic N) is 1. The van der Waals surface area contributed by atoms with Crippen molar-refractivity contribution in [1.82, 2.24) is 4.90 Å². The number of amides is 1. The van der Waals surface area contributed by atoms with E-state index in [9.17, 15) is 9.59 Å². The van der Waals surface area contributed by atoms with Crippen LogP contribution >= 0.6 is 0 Å². The van der Waals surface area contributed by atoms with Crippen LogP contribution in [0, 0.1) is 11.3 Å². The zero-order valence-electron chi connectivity index (χ0n) is 8.48. The van der Waals surface area contributed by atoms with E-state index in [0.717, 1.165) is 12.8 Å². The smallest absolute Gasteiger partial charge is 0.407 e. The molecule has 5 nitrogen and oxygen atoms in total. The summed E-state index contributed by atoms with van der Waals surface area (Å²) in [6.45, 7) is 0.887. The van der Waals surface area contributed by atoms with E-state index in [1.807, 2.05) is 0 Å². The van der Waals surface area contributed by atoms with Crippen LogP contribution in [0.4, 0.5) is 4.79 Å². The molecule has 0 radical (unpaired) electrons. The molecule has 2 unspecified atom stereocenters. The van der Waals surface area contributed by atoms with Crippen molar-refractivity contribution < 1.29 is 19.8 Å². The number of hydrogen-bond donors (Lipinski definition) is 2. The molecule has 15 heavy (non-hydrogen) atoms. The van der Waals surface area contributed by atoms with E-state index in [1.165, 1.54) is 4.90 Å². The summed E-state index contributed by atoms with van der Waals surface area (Å²) >= 11 is 0. The van der Waals surface area contributed by atoms with E-state index < -0.39 is 12.1 Å². The molecule has 84 valence electrons. The van der Waals surface area contributed by atoms with E-state index >= 15 is 0 Å². The Balaban J connectivity index is 2.14. The molecule has 1 aliphatic carbocycles. The van der Waals surface area contributed by atoms with Crippen molar-refractivity contribution in [3.05, 3.63) is 0 Å². The highest BCUT2D eigenvalue weighted by Crippen LogP contribution is 2.49. The summed E-state index contributed by atoms with van der Waals surface area (Å²) in [6, 6.07) is 0. The first-order valence-electron chi connectivity index (χ1n) is 5.26. The Bertz CT molecular complexity index is 304. The second-order valence-electron chi connectivity index (χ2n) is 4.60. The van der Waals surface area contributed by atoms with Crippen LogP contribution in [0.5, 0.6) is 0 Å². The molecule has 2 rings (SSSR count). The lowest BCUT2D eigenvalue weighted by molar-refractivity contribution is -0.145. The number of carboxylic acid groups (broad SMARTS) is 2. The molecule has 2 atom stereocenters. The fourth-order valence-corrected chi connectivity index (χ4v) is 3.07. The first-order valence-corrected chi connectivity index (χ1v) is 5.26. The van der Waals surface area contributed by atoms with Gasteiger partial charge < -0.3 is 15.1 Å². The summed E-state index contributed by atoms with van der Waals surface area (Å²) in [5, 5.41) is 18.0. The summed E-state index contributed by atoms with van der Waals surface area (Å²) in [4.78, 5) is 23.2. The third kappa shape index (κ3) is 1.56. The fraction of sp³-hybridized carbons (Fsp3) is 0.800. The van der Waals surface area contributed by atoms with Gasteiger partial charge in [-0.15, -0.1) is 0 Å². The number of carbonyl (C=O) groups is 2. The summed E-state index contributed by atoms with van der Waals surface area (Å²) < 4.78 is 0. The van der Waals surface area contributed by atoms with Gasteiger partial charge in [0.25, 0.3) is 0 Å². The molecule has 1 heterocycles. The number of likely N-dealkylation sites (tertiary alicyclic amines) is 1. The maximum Gasteiger partial charge on any atom is 0.407 e. The van der Waals surface area contributed by atoms with Crippen LogP contribution in [0.2, 0.25) is 0 Å². The highest BCUT2D eigenvalue weighted by Gasteiger charge is 2.51. The fourth-order valence-electron chi connectivity index (χ4n) is 3.07. The highest BCUT2D eigenvalue weighted by molar-refractivity contribution is 5.72. The van der Waals surface area contributed by atoms with Gasteiger partial charge in [0.2, 0.25) is 0 Å². The van der Waals surface area contributed by atoms with Gasteiger partial charge in [0.15, 0.2) is 0 Å². The second kappa shape index (κ2) is 3.40. The molecule has 2 aliphatic rings. The minimum Gasteiger partial charge on any atom is -0.481 e. The first kappa shape index (κ1) is 10.3. The lowest BCUT2D eigenvalue weighted by Crippen LogP contribution is -2.36. The molecular weight excluding hydrogens is 198 g/mol. The Labute approximate surface area is 87.7 Å². The van der Waals surface area contributed by atoms with Gasteiger partial charge in [0.05, 0.1) is 5.92 Å². The van der Waals surface area contributed by atoms with Crippen molar-refractivity contribution in [3.63, 3.8) is 0 Å². The molecule has 2 N–H and O–H groups in total. The topological polar surface area (TPSA) is 77.8 Å². The normalized spacial score (nSPS) is 34.9. The maximum atomic E-state index is 11.1. The zero-order chi connectivity index (χ0) is 11.1. The number of rotatable bonds is 1. The second-order valence-corrected chi connectivity index (χ2v) is 4.60. The van der Waals surface area contributed by atoms with Gasteiger partial charge in [0, 0.05) is 18.5 Å². The van der Waals surface area contributed by atoms with Gasteiger partial charge in [-0.3, -0.25) is 4.79 Å². The van der Waals surface area contributed by atoms with Gasteiger partial charge in [-0.25, -0.2) is 4.79 Å². The highest BCUT2D eigenvalue weighted by atomic mass is 16.4. The van der Waals surface area contributed by atoms with Gasteiger partial charge >= 0.3 is 12.1 Å². The standard InChI is InChI=1S/C10H15NO4/c12-8(13)7-2-1-3-10(7)4-5-11(6-10)9(14)15/h7H,1-6H2,(H,12,13)(H,14,15). The van der Waals surface area contributed by atoms with Crippen LogP contribution in [0.15, 0.2) is 0 Å². The van der Waals surface area contributed by atoms with Crippen molar-refractivity contribution in [2.24, 2.45) is 11.3 Å². The van der Waals surface area contributed by atoms with Gasteiger partial charge in [-0.1, -0.05) is 6.42 Å². The molecule has 0 aromatic heterocycles. The predicted molar refractivity (Wildman–Crippen MR) is 51.6 cm³/mol. The van der Waals surface area contributed by atoms with Crippen molar-refractivity contribution in [1.29, 1.82) is 0 Å². The first-order chi connectivity index (χ1) is 7.05. The number of hydrogen-bond acceptors (Lipinski definition) is 2. The predicted octanol–water partition coefficient (Wildman–Crippen LogP) is 1.24. The largest absolute Gasteiger partial charge is 0.481 e. The van der Waals surface area contributed by atoms with E-state index in [0.29, 0.717) is 25.9 Å². The van der Waals surface area contributed by atoms with E-state index in [-0.39, 0.29) is 11.3 Å². The molecule has 1 spiro atoms. The van der Waals surface area contributed by atoms with Crippen LogP contribution in [0.1, 0.15) is 25.7 Å². The molecule has 1 saturated carbocycles. The van der Waals surface area contributed by atoms with E-state index in [2.05, 4.69) is 0 Å². The average Bonchev–Trinajstić information content (AvgIpc) is 2.74. The zero-order valence-corrected chi connectivity index (χ0v) is 8.48. The summed E-state index contributed by atoms with van der Waals surface area (Å²) in [6.07, 6.45) is 2.24. The van der Waals surface area contributed by atoms with Crippen molar-refractivity contribution in [3.8, 4) is 0 Å². The molecule has 0 bridgehead atoms. The molecular formula is C10H15NO4. The molecule has 1 saturated heterocycles. The molecule has 0 aromatic carbocycles. The summed E-state index contributed by atoms with van der Waals surface area (Å²) in [5.41, 5.74) is -0.274. The van der Waals surface area contributed by atoms with E-state index in [1.54, 1.807) is 0 Å². The van der Waals surface area contributed by atoms with E-state index in [4.69, 9.17) is 10.2 Å². The van der Waals surface area contributed by atoms with Crippen LogP contribution < -0.4 is 0 Å². The molecule has 1 amide bonds. The summed E-state index contributed by atoms with van der Waals surface area (Å²) in [5.74, 6) is -1.11. The van der Waals surface area contributed by atoms with Gasteiger partial charge in [0.1, 0.15) is 0 Å². The van der Waals surface area contributed by atoms with Crippen LogP contribution in [-0.2, 0) is 4.79 Å². The Morgan fingerprint density at radius 3 is 2.53 bits per heavy atom. The monoisotopic (exact) mass is 213 g/mol. The minimum atomic E-state index is -0.928. The number of aliphatic carboxylic acids is 1. The third-order valence-electron chi connectivity index (χ3n) is 3.86. The van der Waals surface area contributed by atoms with Crippen LogP contribution in [0.3, 0.4) is 0 Å². The van der Waals surface area contributed by atoms with Crippen LogP contribution in [0.25, 0.3) is 0 Å². The molecule has 1 aliphatic heterocycles. The van der Waals surface area contributed by atoms with Crippen molar-refractivity contribution in [2.75, 3.05) is 13.1 Å². The lowest BCUT2D eigenvalue weighted by Gasteiger charge is -2.27. The quantitative estimate of drug-likeness (QED) is 0.687. The minimum absolute atomic E-state index is 0.274. The summed E-state index contributed by atoms with van der Waals surface area (Å²) in [7, 11) is 0. The van der Waals surface area contributed by atoms with Crippen molar-refractivity contribution in [2.45, 2.75) is 25.7 Å². The molecule has 0 aromatic rings. The Morgan fingerprint density at radius 1 is 1.27 bits per heavy atom. The lowest BCUT2D eigenvalue weighted by atomic mass is 9.77. The Morgan fingerprint density at radius 2 is 2.00 bits per heavy atom. The maximum absolute atomic E-state index is 11.1. The average molecular weight is 213 g/mol. The Hall–Kier alpha value is -1.26. The SMILES string of the molecule is O=C(O)C1CCCC12CCN(C(=O)O)C2. The van der Waals surface area contributed by atoms with Crippen molar-refractivity contribution >= 4 is 12.1 Å². The van der Waals surface area contributed by atoms with Gasteiger partial charge in [-0.2, -0.15) is 0 Å². The van der Waals surface area contributed by atoms with Crippen LogP contribution in [-0.4, -0.2) is 40.3 Å². The third-order valence-corrected chi connectivity index (χ3v) is 3.86. The molecule has 5 heteroatoms. The van der Waals surface area contributed by atoms with Gasteiger partial charge in [-0.05, 0) is 19.3 Å².